The topological polar surface area (TPSA) is 147 Å². The van der Waals surface area contributed by atoms with Gasteiger partial charge in [0.2, 0.25) is 17.7 Å². The van der Waals surface area contributed by atoms with Crippen LogP contribution in [0.25, 0.3) is 22.5 Å². The highest BCUT2D eigenvalue weighted by molar-refractivity contribution is 6.39. The van der Waals surface area contributed by atoms with Crippen molar-refractivity contribution in [2.75, 3.05) is 45.7 Å². The first-order valence-corrected chi connectivity index (χ1v) is 18.2. The Labute approximate surface area is 312 Å². The number of hydrogen-bond acceptors (Lipinski definition) is 9. The molecule has 4 aromatic rings. The van der Waals surface area contributed by atoms with Crippen LogP contribution < -0.4 is 20.7 Å². The lowest BCUT2D eigenvalue weighted by atomic mass is 10.0. The lowest BCUT2D eigenvalue weighted by Gasteiger charge is -2.29. The van der Waals surface area contributed by atoms with Gasteiger partial charge in [0.15, 0.2) is 5.82 Å². The minimum Gasteiger partial charge on any atom is -0.481 e. The molecule has 0 radical (unpaired) electrons. The summed E-state index contributed by atoms with van der Waals surface area (Å²) in [6, 6.07) is 11.0. The molecule has 3 N–H and O–H groups in total. The Hall–Kier alpha value is -4.56. The first-order valence-electron chi connectivity index (χ1n) is 17.4. The zero-order chi connectivity index (χ0) is 36.5. The number of aromatic nitrogens is 4. The molecule has 0 aliphatic carbocycles. The minimum atomic E-state index is -0.419. The molecule has 3 amide bonds. The van der Waals surface area contributed by atoms with Crippen molar-refractivity contribution in [3.63, 3.8) is 0 Å². The maximum absolute atomic E-state index is 13.6. The molecule has 2 fully saturated rings. The minimum absolute atomic E-state index is 0.00261. The molecule has 2 atom stereocenters. The Morgan fingerprint density at radius 1 is 1.02 bits per heavy atom. The lowest BCUT2D eigenvalue weighted by molar-refractivity contribution is -0.136. The van der Waals surface area contributed by atoms with Gasteiger partial charge in [-0.15, -0.1) is 0 Å². The second kappa shape index (κ2) is 15.2. The van der Waals surface area contributed by atoms with E-state index in [1.807, 2.05) is 31.1 Å². The first-order chi connectivity index (χ1) is 25.1. The number of methoxy groups -OCH3 is 1. The predicted molar refractivity (Wildman–Crippen MR) is 198 cm³/mol. The number of amides is 3. The van der Waals surface area contributed by atoms with Crippen LogP contribution in [0.15, 0.2) is 42.6 Å². The number of rotatable bonds is 10. The molecule has 6 heterocycles. The van der Waals surface area contributed by atoms with Crippen molar-refractivity contribution in [1.29, 1.82) is 0 Å². The zero-order valence-corrected chi connectivity index (χ0v) is 30.9. The van der Waals surface area contributed by atoms with Crippen LogP contribution in [0.3, 0.4) is 0 Å². The summed E-state index contributed by atoms with van der Waals surface area (Å²) in [6.45, 7) is 3.84. The van der Waals surface area contributed by atoms with Gasteiger partial charge in [0.25, 0.3) is 5.91 Å². The summed E-state index contributed by atoms with van der Waals surface area (Å²) in [5.74, 6) is 0.511. The van der Waals surface area contributed by atoms with Gasteiger partial charge in [0, 0.05) is 80.7 Å². The molecule has 13 nitrogen and oxygen atoms in total. The number of nitrogens with zero attached hydrogens (tertiary/aromatic N) is 6. The third-order valence-electron chi connectivity index (χ3n) is 10.1. The van der Waals surface area contributed by atoms with Gasteiger partial charge < -0.3 is 35.1 Å². The van der Waals surface area contributed by atoms with Crippen LogP contribution in [-0.2, 0) is 36.1 Å². The number of carbonyl (C=O) groups excluding carboxylic acids is 3. The van der Waals surface area contributed by atoms with E-state index in [0.29, 0.717) is 78.1 Å². The van der Waals surface area contributed by atoms with Crippen molar-refractivity contribution >= 4 is 46.6 Å². The second-order valence-electron chi connectivity index (χ2n) is 13.6. The van der Waals surface area contributed by atoms with Gasteiger partial charge in [-0.2, -0.15) is 0 Å². The van der Waals surface area contributed by atoms with Gasteiger partial charge in [-0.05, 0) is 44.6 Å². The molecule has 15 heteroatoms. The smallest absolute Gasteiger partial charge is 0.291 e. The van der Waals surface area contributed by atoms with Gasteiger partial charge in [-0.25, -0.2) is 9.97 Å². The number of nitrogens with one attached hydrogen (secondary N) is 3. The van der Waals surface area contributed by atoms with E-state index in [4.69, 9.17) is 32.9 Å². The van der Waals surface area contributed by atoms with Crippen LogP contribution in [-0.4, -0.2) is 93.4 Å². The molecule has 7 rings (SSSR count). The largest absolute Gasteiger partial charge is 0.481 e. The summed E-state index contributed by atoms with van der Waals surface area (Å²) in [5.41, 5.74) is 5.11. The maximum atomic E-state index is 13.6. The molecule has 0 bridgehead atoms. The summed E-state index contributed by atoms with van der Waals surface area (Å²) in [6.07, 6.45) is 4.49. The van der Waals surface area contributed by atoms with Gasteiger partial charge in [-0.3, -0.25) is 19.4 Å². The number of fused-ring (bicyclic) bond motifs is 1. The van der Waals surface area contributed by atoms with E-state index in [1.165, 1.54) is 0 Å². The van der Waals surface area contributed by atoms with E-state index in [-0.39, 0.29) is 34.6 Å². The Balaban J connectivity index is 1.07. The number of hydrogen-bond donors (Lipinski definition) is 3. The highest BCUT2D eigenvalue weighted by atomic mass is 35.5. The zero-order valence-electron chi connectivity index (χ0n) is 29.3. The molecule has 0 spiro atoms. The van der Waals surface area contributed by atoms with Crippen molar-refractivity contribution in [3.05, 3.63) is 75.4 Å². The Morgan fingerprint density at radius 3 is 2.62 bits per heavy atom. The molecule has 3 aliphatic rings. The number of pyridine rings is 2. The van der Waals surface area contributed by atoms with E-state index in [1.54, 1.807) is 42.1 Å². The standard InChI is InChI=1S/C37H41Cl2N9O4/c1-46-15-12-22(19-46)37(51)48-16-13-29-28(20-48)43-34(47(29)2)35(50)44-27-6-4-5-25(31(27)38)33-32(39)24(11-14-41-33)26-9-7-21(36(45-26)52-3)17-40-18-23-8-10-30(49)42-23/h4-7,9,11,14,22-23,40H,8,10,12-13,15-20H2,1-3H3,(H,42,49)(H,44,50)/t22-,23-/m1/s1. The quantitative estimate of drug-likeness (QED) is 0.216. The number of imidazole rings is 1. The van der Waals surface area contributed by atoms with Crippen LogP contribution in [0.2, 0.25) is 10.0 Å². The van der Waals surface area contributed by atoms with E-state index >= 15 is 0 Å². The van der Waals surface area contributed by atoms with Crippen molar-refractivity contribution in [1.82, 2.24) is 40.0 Å². The third-order valence-corrected chi connectivity index (χ3v) is 10.9. The lowest BCUT2D eigenvalue weighted by Crippen LogP contribution is -2.40. The molecule has 1 aromatic carbocycles. The van der Waals surface area contributed by atoms with Crippen LogP contribution in [0.4, 0.5) is 5.69 Å². The first kappa shape index (κ1) is 35.8. The van der Waals surface area contributed by atoms with Crippen molar-refractivity contribution in [3.8, 4) is 28.4 Å². The molecule has 2 saturated heterocycles. The molecule has 0 unspecified atom stereocenters. The fourth-order valence-electron chi connectivity index (χ4n) is 7.28. The Morgan fingerprint density at radius 2 is 1.87 bits per heavy atom. The van der Waals surface area contributed by atoms with Gasteiger partial charge in [0.1, 0.15) is 0 Å². The molecule has 52 heavy (non-hydrogen) atoms. The summed E-state index contributed by atoms with van der Waals surface area (Å²) in [4.78, 5) is 56.4. The van der Waals surface area contributed by atoms with Gasteiger partial charge in [0.05, 0.1) is 52.4 Å². The average molecular weight is 747 g/mol. The fourth-order valence-corrected chi connectivity index (χ4v) is 7.85. The van der Waals surface area contributed by atoms with E-state index < -0.39 is 5.91 Å². The molecule has 272 valence electrons. The van der Waals surface area contributed by atoms with Crippen LogP contribution in [0.1, 0.15) is 46.8 Å². The van der Waals surface area contributed by atoms with Crippen molar-refractivity contribution < 1.29 is 19.1 Å². The maximum Gasteiger partial charge on any atom is 0.291 e. The molecule has 3 aliphatic heterocycles. The van der Waals surface area contributed by atoms with Crippen LogP contribution >= 0.6 is 23.2 Å². The fraction of sp³-hybridized carbons (Fsp3) is 0.405. The van der Waals surface area contributed by atoms with Crippen LogP contribution in [0.5, 0.6) is 5.88 Å². The normalized spacial score (nSPS) is 18.7. The van der Waals surface area contributed by atoms with E-state index in [9.17, 15) is 14.4 Å². The number of carbonyl (C=O) groups is 3. The average Bonchev–Trinajstić information content (AvgIpc) is 3.87. The number of likely N-dealkylation sites (tertiary alicyclic amines) is 1. The van der Waals surface area contributed by atoms with E-state index in [0.717, 1.165) is 42.9 Å². The summed E-state index contributed by atoms with van der Waals surface area (Å²) in [7, 11) is 5.42. The number of anilines is 1. The molecule has 3 aromatic heterocycles. The Bertz CT molecular complexity index is 2040. The monoisotopic (exact) mass is 745 g/mol. The predicted octanol–water partition coefficient (Wildman–Crippen LogP) is 4.32. The number of halogens is 2. The molecular weight excluding hydrogens is 705 g/mol. The van der Waals surface area contributed by atoms with Gasteiger partial charge in [-0.1, -0.05) is 41.4 Å². The number of benzene rings is 1. The molecule has 0 saturated carbocycles. The van der Waals surface area contributed by atoms with Crippen molar-refractivity contribution in [2.45, 2.75) is 44.8 Å². The van der Waals surface area contributed by atoms with Crippen molar-refractivity contribution in [2.24, 2.45) is 13.0 Å². The SMILES string of the molecule is COc1nc(-c2ccnc(-c3cccc(NC(=O)c4nc5c(n4C)CCN(C(=O)[C@@H]4CCN(C)C4)C5)c3Cl)c2Cl)ccc1CNC[C@H]1CCC(=O)N1. The van der Waals surface area contributed by atoms with E-state index in [2.05, 4.69) is 30.8 Å². The number of ether oxygens (including phenoxy) is 1. The highest BCUT2D eigenvalue weighted by Gasteiger charge is 2.34. The summed E-state index contributed by atoms with van der Waals surface area (Å²) >= 11 is 13.9. The third kappa shape index (κ3) is 7.23. The second-order valence-corrected chi connectivity index (χ2v) is 14.3. The van der Waals surface area contributed by atoms with Gasteiger partial charge >= 0.3 is 0 Å². The summed E-state index contributed by atoms with van der Waals surface area (Å²) < 4.78 is 7.42. The van der Waals surface area contributed by atoms with Crippen LogP contribution in [0, 0.1) is 5.92 Å². The highest BCUT2D eigenvalue weighted by Crippen LogP contribution is 2.40. The molecular formula is C37H41Cl2N9O4. The Kier molecular flexibility index (Phi) is 10.5. The summed E-state index contributed by atoms with van der Waals surface area (Å²) in [5, 5.41) is 9.86.